The Morgan fingerprint density at radius 2 is 0.833 bits per heavy atom. The van der Waals surface area contributed by atoms with Crippen LogP contribution in [-0.4, -0.2) is 59.9 Å². The Kier molecular flexibility index (Phi) is 42.6. The van der Waals surface area contributed by atoms with E-state index in [1.807, 2.05) is 0 Å². The predicted octanol–water partition coefficient (Wildman–Crippen LogP) is 13.6. The van der Waals surface area contributed by atoms with E-state index in [-0.39, 0.29) is 19.4 Å². The Morgan fingerprint density at radius 1 is 0.500 bits per heavy atom. The minimum atomic E-state index is -4.71. The van der Waals surface area contributed by atoms with Crippen molar-refractivity contribution in [3.8, 4) is 0 Å². The Hall–Kier alpha value is -1.78. The number of phosphoric acid groups is 1. The van der Waals surface area contributed by atoms with E-state index in [1.165, 1.54) is 167 Å². The fourth-order valence-electron chi connectivity index (χ4n) is 7.12. The van der Waals surface area contributed by atoms with Gasteiger partial charge in [0.1, 0.15) is 12.6 Å². The fourth-order valence-corrected chi connectivity index (χ4v) is 7.90. The van der Waals surface area contributed by atoms with Gasteiger partial charge in [0.15, 0.2) is 6.10 Å². The lowest BCUT2D eigenvalue weighted by molar-refractivity contribution is -0.161. The largest absolute Gasteiger partial charge is 0.480 e. The van der Waals surface area contributed by atoms with Gasteiger partial charge in [0.05, 0.1) is 13.2 Å². The summed E-state index contributed by atoms with van der Waals surface area (Å²) in [6.07, 6.45) is 45.6. The maximum atomic E-state index is 12.7. The molecule has 3 atom stereocenters. The topological polar surface area (TPSA) is 172 Å². The summed E-state index contributed by atoms with van der Waals surface area (Å²) in [7, 11) is -4.71. The van der Waals surface area contributed by atoms with E-state index >= 15 is 0 Å². The predicted molar refractivity (Wildman–Crippen MR) is 245 cm³/mol. The lowest BCUT2D eigenvalue weighted by atomic mass is 10.0. The summed E-state index contributed by atoms with van der Waals surface area (Å²) in [5, 5.41) is 8.91. The summed E-state index contributed by atoms with van der Waals surface area (Å²) in [4.78, 5) is 46.1. The van der Waals surface area contributed by atoms with E-state index in [1.54, 1.807) is 0 Å². The lowest BCUT2D eigenvalue weighted by Gasteiger charge is -2.20. The molecule has 0 aliphatic rings. The molecule has 0 heterocycles. The van der Waals surface area contributed by atoms with Gasteiger partial charge in [-0.15, -0.1) is 0 Å². The van der Waals surface area contributed by atoms with Crippen molar-refractivity contribution >= 4 is 25.7 Å². The Bertz CT molecular complexity index is 1070. The molecule has 0 saturated carbocycles. The van der Waals surface area contributed by atoms with Crippen LogP contribution in [0.25, 0.3) is 0 Å². The second kappa shape index (κ2) is 43.9. The van der Waals surface area contributed by atoms with Gasteiger partial charge in [-0.1, -0.05) is 206 Å². The zero-order valence-corrected chi connectivity index (χ0v) is 39.5. The minimum absolute atomic E-state index is 0.167. The molecule has 0 spiro atoms. The molecule has 0 aliphatic carbocycles. The molecular formula is C48H92NO10P. The number of hydrogen-bond donors (Lipinski definition) is 3. The highest BCUT2D eigenvalue weighted by Gasteiger charge is 2.28. The minimum Gasteiger partial charge on any atom is -0.480 e. The molecular weight excluding hydrogens is 781 g/mol. The number of carboxylic acids is 1. The highest BCUT2D eigenvalue weighted by molar-refractivity contribution is 7.47. The number of carbonyl (C=O) groups excluding carboxylic acids is 2. The van der Waals surface area contributed by atoms with Crippen LogP contribution in [0.5, 0.6) is 0 Å². The molecule has 0 aliphatic heterocycles. The Labute approximate surface area is 367 Å². The Morgan fingerprint density at radius 3 is 1.22 bits per heavy atom. The van der Waals surface area contributed by atoms with Gasteiger partial charge in [0, 0.05) is 12.8 Å². The van der Waals surface area contributed by atoms with Crippen LogP contribution in [0.4, 0.5) is 0 Å². The third kappa shape index (κ3) is 42.9. The number of phosphoric ester groups is 1. The monoisotopic (exact) mass is 874 g/mol. The van der Waals surface area contributed by atoms with Gasteiger partial charge in [-0.25, -0.2) is 4.57 Å². The second-order valence-corrected chi connectivity index (χ2v) is 18.4. The number of ether oxygens (including phenoxy) is 2. The molecule has 11 nitrogen and oxygen atoms in total. The summed E-state index contributed by atoms with van der Waals surface area (Å²) in [6.45, 7) is 2.84. The summed E-state index contributed by atoms with van der Waals surface area (Å²) in [5.41, 5.74) is 5.35. The van der Waals surface area contributed by atoms with Gasteiger partial charge in [-0.05, 0) is 38.5 Å². The first-order chi connectivity index (χ1) is 29.1. The number of rotatable bonds is 47. The number of carboxylic acid groups (broad SMARTS) is 1. The van der Waals surface area contributed by atoms with Crippen molar-refractivity contribution in [2.75, 3.05) is 19.8 Å². The van der Waals surface area contributed by atoms with Gasteiger partial charge in [-0.2, -0.15) is 0 Å². The normalized spacial score (nSPS) is 13.7. The molecule has 0 saturated heterocycles. The average Bonchev–Trinajstić information content (AvgIpc) is 3.22. The van der Waals surface area contributed by atoms with Crippen molar-refractivity contribution in [1.29, 1.82) is 0 Å². The zero-order chi connectivity index (χ0) is 44.2. The highest BCUT2D eigenvalue weighted by atomic mass is 31.2. The molecule has 0 fully saturated rings. The van der Waals surface area contributed by atoms with Gasteiger partial charge >= 0.3 is 25.7 Å². The number of aliphatic carboxylic acids is 1. The van der Waals surface area contributed by atoms with Crippen molar-refractivity contribution in [2.24, 2.45) is 5.73 Å². The van der Waals surface area contributed by atoms with Crippen LogP contribution in [0.1, 0.15) is 245 Å². The zero-order valence-electron chi connectivity index (χ0n) is 38.6. The number of nitrogens with two attached hydrogens (primary N) is 1. The molecule has 0 amide bonds. The molecule has 354 valence electrons. The number of hydrogen-bond acceptors (Lipinski definition) is 9. The van der Waals surface area contributed by atoms with Crippen molar-refractivity contribution in [2.45, 2.75) is 257 Å². The van der Waals surface area contributed by atoms with Gasteiger partial charge in [0.2, 0.25) is 0 Å². The molecule has 0 bridgehead atoms. The summed E-state index contributed by atoms with van der Waals surface area (Å²) >= 11 is 0. The van der Waals surface area contributed by atoms with Crippen molar-refractivity contribution < 1.29 is 47.5 Å². The van der Waals surface area contributed by atoms with E-state index in [0.717, 1.165) is 38.5 Å². The van der Waals surface area contributed by atoms with Crippen LogP contribution >= 0.6 is 7.82 Å². The lowest BCUT2D eigenvalue weighted by Crippen LogP contribution is -2.34. The standard InChI is InChI=1S/C48H92NO10P/c1-3-5-7-9-11-13-15-17-19-20-21-22-23-24-26-27-29-31-33-35-37-39-46(50)56-41-44(42-57-60(54,55)58-43-45(49)48(52)53)59-47(51)40-38-36-34-32-30-28-25-18-16-14-12-10-8-6-4-2/h17,19,44-45H,3-16,18,20-43,49H2,1-2H3,(H,52,53)(H,54,55)/b19-17-/t44-,45+/m1/s1. The first-order valence-corrected chi connectivity index (χ1v) is 26.2. The van der Waals surface area contributed by atoms with Crippen molar-refractivity contribution in [3.05, 3.63) is 12.2 Å². The van der Waals surface area contributed by atoms with Gasteiger partial charge in [0.25, 0.3) is 0 Å². The highest BCUT2D eigenvalue weighted by Crippen LogP contribution is 2.43. The molecule has 4 N–H and O–H groups in total. The maximum absolute atomic E-state index is 12.7. The Balaban J connectivity index is 4.21. The number of unbranched alkanes of at least 4 members (excludes halogenated alkanes) is 31. The molecule has 0 radical (unpaired) electrons. The number of allylic oxidation sites excluding steroid dienone is 2. The number of carbonyl (C=O) groups is 3. The summed E-state index contributed by atoms with van der Waals surface area (Å²) in [6, 6.07) is -1.52. The third-order valence-electron chi connectivity index (χ3n) is 11.0. The van der Waals surface area contributed by atoms with Crippen LogP contribution in [-0.2, 0) is 37.5 Å². The molecule has 1 unspecified atom stereocenters. The maximum Gasteiger partial charge on any atom is 0.472 e. The molecule has 60 heavy (non-hydrogen) atoms. The smallest absolute Gasteiger partial charge is 0.472 e. The molecule has 0 aromatic heterocycles. The molecule has 0 rings (SSSR count). The van der Waals surface area contributed by atoms with Crippen molar-refractivity contribution in [1.82, 2.24) is 0 Å². The third-order valence-corrected chi connectivity index (χ3v) is 12.0. The number of esters is 2. The van der Waals surface area contributed by atoms with Crippen LogP contribution in [0.2, 0.25) is 0 Å². The van der Waals surface area contributed by atoms with Gasteiger partial charge < -0.3 is 25.2 Å². The molecule has 0 aromatic carbocycles. The van der Waals surface area contributed by atoms with Crippen LogP contribution in [0, 0.1) is 0 Å². The fraction of sp³-hybridized carbons (Fsp3) is 0.896. The van der Waals surface area contributed by atoms with E-state index in [9.17, 15) is 23.8 Å². The molecule has 0 aromatic rings. The van der Waals surface area contributed by atoms with E-state index in [4.69, 9.17) is 24.8 Å². The van der Waals surface area contributed by atoms with E-state index in [2.05, 4.69) is 30.5 Å². The van der Waals surface area contributed by atoms with Crippen LogP contribution in [0.15, 0.2) is 12.2 Å². The van der Waals surface area contributed by atoms with Crippen LogP contribution in [0.3, 0.4) is 0 Å². The SMILES string of the molecule is CCCCCCCC/C=C\CCCCCCCCCCCCCC(=O)OC[C@H](COP(=O)(O)OC[C@H](N)C(=O)O)OC(=O)CCCCCCCCCCCCCCCCC. The first-order valence-electron chi connectivity index (χ1n) is 24.7. The van der Waals surface area contributed by atoms with E-state index < -0.39 is 51.1 Å². The van der Waals surface area contributed by atoms with E-state index in [0.29, 0.717) is 12.8 Å². The summed E-state index contributed by atoms with van der Waals surface area (Å²) < 4.78 is 32.8. The van der Waals surface area contributed by atoms with Crippen LogP contribution < -0.4 is 5.73 Å². The van der Waals surface area contributed by atoms with Gasteiger partial charge in [-0.3, -0.25) is 23.4 Å². The van der Waals surface area contributed by atoms with Crippen molar-refractivity contribution in [3.63, 3.8) is 0 Å². The quantitative estimate of drug-likeness (QED) is 0.0230. The first kappa shape index (κ1) is 58.2. The second-order valence-electron chi connectivity index (χ2n) is 17.0. The molecule has 12 heteroatoms. The summed E-state index contributed by atoms with van der Waals surface area (Å²) in [5.74, 6) is -2.36. The average molecular weight is 874 g/mol.